The highest BCUT2D eigenvalue weighted by molar-refractivity contribution is 6.21. The van der Waals surface area contributed by atoms with Gasteiger partial charge in [0.1, 0.15) is 0 Å². The molecule has 1 aliphatic carbocycles. The molecule has 1 unspecified atom stereocenters. The van der Waals surface area contributed by atoms with Gasteiger partial charge in [0.05, 0.1) is 11.1 Å². The highest BCUT2D eigenvalue weighted by Gasteiger charge is 2.36. The van der Waals surface area contributed by atoms with E-state index < -0.39 is 0 Å². The van der Waals surface area contributed by atoms with Gasteiger partial charge in [0.15, 0.2) is 0 Å². The first kappa shape index (κ1) is 12.7. The summed E-state index contributed by atoms with van der Waals surface area (Å²) in [5.74, 6) is 0. The molecule has 2 nitrogen and oxygen atoms in total. The number of hydrogen-bond acceptors (Lipinski definition) is 1. The molecular weight excluding hydrogens is 256 g/mol. The van der Waals surface area contributed by atoms with E-state index in [0.29, 0.717) is 0 Å². The van der Waals surface area contributed by atoms with Crippen LogP contribution in [-0.2, 0) is 13.5 Å². The predicted octanol–water partition coefficient (Wildman–Crippen LogP) is 4.34. The van der Waals surface area contributed by atoms with Crippen molar-refractivity contribution < 1.29 is 0 Å². The van der Waals surface area contributed by atoms with E-state index in [0.717, 1.165) is 24.1 Å². The SMILES string of the molecule is Cn1nc(-c2ccccc2)c2c1CC(C)(C)CC2Cl. The standard InChI is InChI=1S/C16H19ClN2/c1-16(2)9-12(17)14-13(10-16)19(3)18-15(14)11-7-5-4-6-8-11/h4-8,12H,9-10H2,1-3H3. The molecule has 0 spiro atoms. The van der Waals surface area contributed by atoms with Gasteiger partial charge in [0.25, 0.3) is 0 Å². The third kappa shape index (κ3) is 2.18. The normalized spacial score (nSPS) is 21.2. The quantitative estimate of drug-likeness (QED) is 0.708. The number of rotatable bonds is 1. The summed E-state index contributed by atoms with van der Waals surface area (Å²) in [5.41, 5.74) is 4.98. The number of nitrogens with zero attached hydrogens (tertiary/aromatic N) is 2. The van der Waals surface area contributed by atoms with E-state index in [2.05, 4.69) is 26.0 Å². The molecule has 100 valence electrons. The van der Waals surface area contributed by atoms with Crippen LogP contribution in [0.2, 0.25) is 0 Å². The molecule has 1 aliphatic rings. The number of aryl methyl sites for hydroxylation is 1. The maximum absolute atomic E-state index is 6.65. The van der Waals surface area contributed by atoms with Crippen LogP contribution in [0.15, 0.2) is 30.3 Å². The van der Waals surface area contributed by atoms with Crippen LogP contribution >= 0.6 is 11.6 Å². The molecule has 0 radical (unpaired) electrons. The third-order valence-electron chi connectivity index (χ3n) is 3.94. The van der Waals surface area contributed by atoms with Crippen molar-refractivity contribution in [3.05, 3.63) is 41.6 Å². The molecule has 0 saturated carbocycles. The molecule has 3 rings (SSSR count). The van der Waals surface area contributed by atoms with Crippen LogP contribution in [0.4, 0.5) is 0 Å². The van der Waals surface area contributed by atoms with E-state index >= 15 is 0 Å². The fourth-order valence-corrected chi connectivity index (χ4v) is 3.68. The Morgan fingerprint density at radius 3 is 2.63 bits per heavy atom. The summed E-state index contributed by atoms with van der Waals surface area (Å²) in [6, 6.07) is 10.3. The molecule has 0 bridgehead atoms. The van der Waals surface area contributed by atoms with Crippen molar-refractivity contribution in [1.82, 2.24) is 9.78 Å². The lowest BCUT2D eigenvalue weighted by Crippen LogP contribution is -2.24. The summed E-state index contributed by atoms with van der Waals surface area (Å²) in [7, 11) is 2.02. The summed E-state index contributed by atoms with van der Waals surface area (Å²) in [6.45, 7) is 4.56. The summed E-state index contributed by atoms with van der Waals surface area (Å²) < 4.78 is 2.01. The maximum Gasteiger partial charge on any atom is 0.0972 e. The molecule has 1 aromatic heterocycles. The van der Waals surface area contributed by atoms with Crippen LogP contribution in [0.1, 0.15) is 36.9 Å². The topological polar surface area (TPSA) is 17.8 Å². The number of aromatic nitrogens is 2. The summed E-state index contributed by atoms with van der Waals surface area (Å²) in [6.07, 6.45) is 2.05. The molecule has 0 saturated heterocycles. The van der Waals surface area contributed by atoms with Gasteiger partial charge in [-0.3, -0.25) is 4.68 Å². The van der Waals surface area contributed by atoms with Crippen LogP contribution in [-0.4, -0.2) is 9.78 Å². The number of alkyl halides is 1. The Bertz CT molecular complexity index is 599. The minimum Gasteiger partial charge on any atom is -0.272 e. The smallest absolute Gasteiger partial charge is 0.0972 e. The zero-order chi connectivity index (χ0) is 13.6. The molecule has 0 amide bonds. The van der Waals surface area contributed by atoms with Crippen molar-refractivity contribution in [2.75, 3.05) is 0 Å². The van der Waals surface area contributed by atoms with Crippen LogP contribution < -0.4 is 0 Å². The average Bonchev–Trinajstić information content (AvgIpc) is 2.67. The number of hydrogen-bond donors (Lipinski definition) is 0. The number of benzene rings is 1. The van der Waals surface area contributed by atoms with Crippen molar-refractivity contribution in [1.29, 1.82) is 0 Å². The molecule has 1 atom stereocenters. The van der Waals surface area contributed by atoms with Gasteiger partial charge in [0.2, 0.25) is 0 Å². The molecule has 19 heavy (non-hydrogen) atoms. The lowest BCUT2D eigenvalue weighted by atomic mass is 9.75. The van der Waals surface area contributed by atoms with Crippen molar-refractivity contribution in [3.8, 4) is 11.3 Å². The van der Waals surface area contributed by atoms with Crippen molar-refractivity contribution in [3.63, 3.8) is 0 Å². The Balaban J connectivity index is 2.16. The molecule has 0 fully saturated rings. The second kappa shape index (κ2) is 4.38. The number of halogens is 1. The van der Waals surface area contributed by atoms with E-state index in [-0.39, 0.29) is 10.8 Å². The Labute approximate surface area is 119 Å². The minimum atomic E-state index is 0.0580. The first-order valence-electron chi connectivity index (χ1n) is 6.73. The van der Waals surface area contributed by atoms with Crippen LogP contribution in [0.3, 0.4) is 0 Å². The van der Waals surface area contributed by atoms with Gasteiger partial charge < -0.3 is 0 Å². The highest BCUT2D eigenvalue weighted by atomic mass is 35.5. The fraction of sp³-hybridized carbons (Fsp3) is 0.438. The van der Waals surface area contributed by atoms with Crippen LogP contribution in [0, 0.1) is 5.41 Å². The van der Waals surface area contributed by atoms with Gasteiger partial charge in [-0.15, -0.1) is 11.6 Å². The summed E-state index contributed by atoms with van der Waals surface area (Å²) >= 11 is 6.65. The second-order valence-electron chi connectivity index (χ2n) is 6.21. The third-order valence-corrected chi connectivity index (χ3v) is 4.32. The zero-order valence-electron chi connectivity index (χ0n) is 11.7. The first-order valence-corrected chi connectivity index (χ1v) is 7.17. The van der Waals surface area contributed by atoms with Gasteiger partial charge in [0, 0.05) is 23.9 Å². The largest absolute Gasteiger partial charge is 0.272 e. The Hall–Kier alpha value is -1.28. The summed E-state index contributed by atoms with van der Waals surface area (Å²) in [4.78, 5) is 0. The average molecular weight is 275 g/mol. The van der Waals surface area contributed by atoms with Gasteiger partial charge in [-0.25, -0.2) is 0 Å². The lowest BCUT2D eigenvalue weighted by molar-refractivity contribution is 0.301. The minimum absolute atomic E-state index is 0.0580. The van der Waals surface area contributed by atoms with E-state index in [1.807, 2.05) is 29.9 Å². The van der Waals surface area contributed by atoms with E-state index in [1.165, 1.54) is 11.3 Å². The Kier molecular flexibility index (Phi) is 2.94. The molecule has 1 aromatic carbocycles. The second-order valence-corrected chi connectivity index (χ2v) is 6.74. The van der Waals surface area contributed by atoms with Crippen LogP contribution in [0.5, 0.6) is 0 Å². The van der Waals surface area contributed by atoms with Crippen molar-refractivity contribution in [2.45, 2.75) is 32.1 Å². The van der Waals surface area contributed by atoms with Gasteiger partial charge in [-0.05, 0) is 18.3 Å². The molecule has 2 aromatic rings. The number of fused-ring (bicyclic) bond motifs is 1. The molecule has 0 N–H and O–H groups in total. The van der Waals surface area contributed by atoms with E-state index in [9.17, 15) is 0 Å². The predicted molar refractivity (Wildman–Crippen MR) is 79.3 cm³/mol. The van der Waals surface area contributed by atoms with Crippen molar-refractivity contribution >= 4 is 11.6 Å². The Morgan fingerprint density at radius 1 is 1.26 bits per heavy atom. The molecule has 0 aliphatic heterocycles. The lowest BCUT2D eigenvalue weighted by Gasteiger charge is -2.33. The van der Waals surface area contributed by atoms with Gasteiger partial charge >= 0.3 is 0 Å². The molecule has 3 heteroatoms. The van der Waals surface area contributed by atoms with E-state index in [1.54, 1.807) is 0 Å². The Morgan fingerprint density at radius 2 is 1.95 bits per heavy atom. The molecule has 1 heterocycles. The van der Waals surface area contributed by atoms with Crippen LogP contribution in [0.25, 0.3) is 11.3 Å². The monoisotopic (exact) mass is 274 g/mol. The molecular formula is C16H19ClN2. The first-order chi connectivity index (χ1) is 8.98. The van der Waals surface area contributed by atoms with Crippen molar-refractivity contribution in [2.24, 2.45) is 12.5 Å². The van der Waals surface area contributed by atoms with Gasteiger partial charge in [-0.2, -0.15) is 5.10 Å². The summed E-state index contributed by atoms with van der Waals surface area (Å²) in [5, 5.41) is 4.77. The van der Waals surface area contributed by atoms with Gasteiger partial charge in [-0.1, -0.05) is 44.2 Å². The fourth-order valence-electron chi connectivity index (χ4n) is 3.04. The highest BCUT2D eigenvalue weighted by Crippen LogP contribution is 2.47. The maximum atomic E-state index is 6.65. The zero-order valence-corrected chi connectivity index (χ0v) is 12.4. The van der Waals surface area contributed by atoms with E-state index in [4.69, 9.17) is 16.7 Å².